The van der Waals surface area contributed by atoms with Crippen LogP contribution in [0.3, 0.4) is 0 Å². The number of aromatic nitrogens is 2. The van der Waals surface area contributed by atoms with Crippen molar-refractivity contribution in [2.24, 2.45) is 0 Å². The van der Waals surface area contributed by atoms with Gasteiger partial charge in [-0.2, -0.15) is 5.10 Å². The number of amides is 2. The smallest absolute Gasteiger partial charge is 0.359 e. The summed E-state index contributed by atoms with van der Waals surface area (Å²) in [5.74, 6) is -2.39. The summed E-state index contributed by atoms with van der Waals surface area (Å²) in [7, 11) is 1.38. The van der Waals surface area contributed by atoms with Crippen LogP contribution in [0.1, 0.15) is 23.8 Å². The van der Waals surface area contributed by atoms with E-state index in [-0.39, 0.29) is 17.8 Å². The zero-order valence-electron chi connectivity index (χ0n) is 18.2. The molecule has 9 nitrogen and oxygen atoms in total. The van der Waals surface area contributed by atoms with Crippen molar-refractivity contribution >= 4 is 34.2 Å². The number of carbonyl (C=O) groups excluding carboxylic acids is 3. The van der Waals surface area contributed by atoms with Crippen molar-refractivity contribution in [3.63, 3.8) is 0 Å². The Balaban J connectivity index is 1.64. The molecule has 0 atom stereocenters. The molecule has 0 spiro atoms. The Hall–Kier alpha value is -4.08. The highest BCUT2D eigenvalue weighted by molar-refractivity contribution is 6.02. The van der Waals surface area contributed by atoms with Crippen LogP contribution in [0.5, 0.6) is 0 Å². The van der Waals surface area contributed by atoms with Gasteiger partial charge in [-0.3, -0.25) is 14.4 Å². The van der Waals surface area contributed by atoms with Gasteiger partial charge >= 0.3 is 5.97 Å². The molecule has 0 radical (unpaired) electrons. The second-order valence-electron chi connectivity index (χ2n) is 7.30. The Labute approximate surface area is 188 Å². The lowest BCUT2D eigenvalue weighted by atomic mass is 10.1. The summed E-state index contributed by atoms with van der Waals surface area (Å²) in [5, 5.41) is 7.33. The Morgan fingerprint density at radius 2 is 1.76 bits per heavy atom. The molecule has 0 bridgehead atoms. The lowest BCUT2D eigenvalue weighted by molar-refractivity contribution is -0.136. The van der Waals surface area contributed by atoms with E-state index in [0.29, 0.717) is 29.4 Å². The Kier molecular flexibility index (Phi) is 7.50. The van der Waals surface area contributed by atoms with E-state index in [1.807, 2.05) is 6.92 Å². The number of halogens is 1. The van der Waals surface area contributed by atoms with Crippen LogP contribution >= 0.6 is 0 Å². The van der Waals surface area contributed by atoms with Crippen molar-refractivity contribution in [2.75, 3.05) is 25.5 Å². The molecule has 3 aromatic rings. The fourth-order valence-corrected chi connectivity index (χ4v) is 3.09. The van der Waals surface area contributed by atoms with Crippen LogP contribution in [0, 0.1) is 5.82 Å². The molecule has 3 rings (SSSR count). The summed E-state index contributed by atoms with van der Waals surface area (Å²) >= 11 is 0. The molecule has 172 valence electrons. The monoisotopic (exact) mass is 454 g/mol. The summed E-state index contributed by atoms with van der Waals surface area (Å²) in [6.45, 7) is 1.30. The van der Waals surface area contributed by atoms with Gasteiger partial charge in [-0.25, -0.2) is 13.9 Å². The molecular formula is C23H23FN4O5. The normalized spacial score (nSPS) is 10.6. The third kappa shape index (κ3) is 5.79. The number of ether oxygens (including phenoxy) is 1. The van der Waals surface area contributed by atoms with Crippen LogP contribution < -0.4 is 10.9 Å². The van der Waals surface area contributed by atoms with Gasteiger partial charge in [0, 0.05) is 24.7 Å². The maximum Gasteiger partial charge on any atom is 0.359 e. The van der Waals surface area contributed by atoms with Gasteiger partial charge in [-0.05, 0) is 36.8 Å². The minimum atomic E-state index is -0.853. The predicted octanol–water partition coefficient (Wildman–Crippen LogP) is 2.20. The van der Waals surface area contributed by atoms with E-state index in [0.717, 1.165) is 4.90 Å². The van der Waals surface area contributed by atoms with E-state index in [9.17, 15) is 23.6 Å². The Morgan fingerprint density at radius 3 is 2.42 bits per heavy atom. The molecule has 0 fully saturated rings. The largest absolute Gasteiger partial charge is 0.451 e. The molecule has 0 saturated carbocycles. The number of aryl methyl sites for hydroxylation is 1. The van der Waals surface area contributed by atoms with E-state index in [1.54, 1.807) is 24.3 Å². The van der Waals surface area contributed by atoms with Crippen molar-refractivity contribution in [3.05, 3.63) is 70.4 Å². The lowest BCUT2D eigenvalue weighted by Crippen LogP contribution is -2.37. The number of nitrogens with one attached hydrogen (secondary N) is 1. The van der Waals surface area contributed by atoms with Crippen LogP contribution in [-0.2, 0) is 20.9 Å². The number of anilines is 1. The summed E-state index contributed by atoms with van der Waals surface area (Å²) in [5.41, 5.74) is 0.00367. The van der Waals surface area contributed by atoms with Gasteiger partial charge in [-0.15, -0.1) is 0 Å². The van der Waals surface area contributed by atoms with Crippen LogP contribution in [0.25, 0.3) is 10.8 Å². The summed E-state index contributed by atoms with van der Waals surface area (Å²) in [4.78, 5) is 50.7. The van der Waals surface area contributed by atoms with E-state index in [4.69, 9.17) is 4.74 Å². The maximum atomic E-state index is 13.0. The number of esters is 1. The third-order valence-corrected chi connectivity index (χ3v) is 4.76. The number of nitrogens with zero attached hydrogens (tertiary/aromatic N) is 3. The quantitative estimate of drug-likeness (QED) is 0.523. The highest BCUT2D eigenvalue weighted by Crippen LogP contribution is 2.14. The Morgan fingerprint density at radius 1 is 1.09 bits per heavy atom. The highest BCUT2D eigenvalue weighted by Gasteiger charge is 2.20. The van der Waals surface area contributed by atoms with Crippen LogP contribution in [0.2, 0.25) is 0 Å². The molecule has 1 aromatic heterocycles. The van der Waals surface area contributed by atoms with Crippen LogP contribution in [0.4, 0.5) is 10.1 Å². The SMILES string of the molecule is CCCn1nc(C(=O)OCC(=O)N(C)CC(=O)Nc2ccc(F)cc2)c2ccccc2c1=O. The number of likely N-dealkylation sites (N-methyl/N-ethyl adjacent to an activating group) is 1. The van der Waals surface area contributed by atoms with Crippen molar-refractivity contribution in [1.29, 1.82) is 0 Å². The van der Waals surface area contributed by atoms with Gasteiger partial charge in [0.1, 0.15) is 5.82 Å². The molecule has 0 aliphatic carbocycles. The number of hydrogen-bond acceptors (Lipinski definition) is 6. The van der Waals surface area contributed by atoms with Gasteiger partial charge in [0.05, 0.1) is 11.9 Å². The third-order valence-electron chi connectivity index (χ3n) is 4.76. The lowest BCUT2D eigenvalue weighted by Gasteiger charge is -2.17. The molecule has 0 unspecified atom stereocenters. The van der Waals surface area contributed by atoms with E-state index < -0.39 is 30.2 Å². The molecule has 0 aliphatic heterocycles. The highest BCUT2D eigenvalue weighted by atomic mass is 19.1. The minimum Gasteiger partial charge on any atom is -0.451 e. The first kappa shape index (κ1) is 23.6. The maximum absolute atomic E-state index is 13.0. The number of carbonyl (C=O) groups is 3. The van der Waals surface area contributed by atoms with Gasteiger partial charge in [0.25, 0.3) is 11.5 Å². The summed E-state index contributed by atoms with van der Waals surface area (Å²) in [6.07, 6.45) is 0.642. The topological polar surface area (TPSA) is 111 Å². The van der Waals surface area contributed by atoms with Crippen LogP contribution in [-0.4, -0.2) is 52.7 Å². The number of hydrogen-bond donors (Lipinski definition) is 1. The first-order chi connectivity index (χ1) is 15.8. The summed E-state index contributed by atoms with van der Waals surface area (Å²) < 4.78 is 19.3. The van der Waals surface area contributed by atoms with Gasteiger partial charge in [0.15, 0.2) is 12.3 Å². The second-order valence-corrected chi connectivity index (χ2v) is 7.30. The van der Waals surface area contributed by atoms with Gasteiger partial charge < -0.3 is 15.0 Å². The molecule has 1 N–H and O–H groups in total. The van der Waals surface area contributed by atoms with Crippen molar-refractivity contribution in [1.82, 2.24) is 14.7 Å². The van der Waals surface area contributed by atoms with E-state index >= 15 is 0 Å². The fraction of sp³-hybridized carbons (Fsp3) is 0.261. The average molecular weight is 454 g/mol. The standard InChI is InChI=1S/C23H23FN4O5/c1-3-12-28-22(31)18-7-5-4-6-17(18)21(26-28)23(32)33-14-20(30)27(2)13-19(29)25-16-10-8-15(24)9-11-16/h4-11H,3,12-14H2,1-2H3,(H,25,29). The molecule has 1 heterocycles. The first-order valence-corrected chi connectivity index (χ1v) is 10.3. The molecule has 10 heteroatoms. The molecule has 0 saturated heterocycles. The van der Waals surface area contributed by atoms with Gasteiger partial charge in [-0.1, -0.05) is 25.1 Å². The second kappa shape index (κ2) is 10.5. The Bertz CT molecular complexity index is 1240. The first-order valence-electron chi connectivity index (χ1n) is 10.3. The van der Waals surface area contributed by atoms with Crippen LogP contribution in [0.15, 0.2) is 53.3 Å². The number of fused-ring (bicyclic) bond motifs is 1. The molecule has 2 aromatic carbocycles. The van der Waals surface area contributed by atoms with Crippen molar-refractivity contribution < 1.29 is 23.5 Å². The molecular weight excluding hydrogens is 431 g/mol. The fourth-order valence-electron chi connectivity index (χ4n) is 3.09. The zero-order valence-corrected chi connectivity index (χ0v) is 18.2. The van der Waals surface area contributed by atoms with E-state index in [2.05, 4.69) is 10.4 Å². The van der Waals surface area contributed by atoms with Crippen molar-refractivity contribution in [2.45, 2.75) is 19.9 Å². The number of rotatable bonds is 8. The van der Waals surface area contributed by atoms with Crippen molar-refractivity contribution in [3.8, 4) is 0 Å². The average Bonchev–Trinajstić information content (AvgIpc) is 2.80. The molecule has 2 amide bonds. The minimum absolute atomic E-state index is 0.0665. The van der Waals surface area contributed by atoms with E-state index in [1.165, 1.54) is 36.0 Å². The van der Waals surface area contributed by atoms with Gasteiger partial charge in [0.2, 0.25) is 5.91 Å². The predicted molar refractivity (Wildman–Crippen MR) is 119 cm³/mol. The number of benzene rings is 2. The zero-order chi connectivity index (χ0) is 24.0. The molecule has 0 aliphatic rings. The summed E-state index contributed by atoms with van der Waals surface area (Å²) in [6, 6.07) is 11.7. The molecule has 33 heavy (non-hydrogen) atoms.